The first kappa shape index (κ1) is 14.4. The van der Waals surface area contributed by atoms with Gasteiger partial charge >= 0.3 is 0 Å². The molecule has 4 atom stereocenters. The van der Waals surface area contributed by atoms with E-state index >= 15 is 0 Å². The van der Waals surface area contributed by atoms with Crippen LogP contribution in [0.2, 0.25) is 0 Å². The minimum absolute atomic E-state index is 0.132. The predicted molar refractivity (Wildman–Crippen MR) is 83.7 cm³/mol. The van der Waals surface area contributed by atoms with Crippen molar-refractivity contribution in [1.29, 1.82) is 0 Å². The number of rotatable bonds is 3. The molecule has 2 nitrogen and oxygen atoms in total. The van der Waals surface area contributed by atoms with Crippen molar-refractivity contribution in [2.24, 2.45) is 16.7 Å². The van der Waals surface area contributed by atoms with Gasteiger partial charge in [0.2, 0.25) is 7.37 Å². The molecular formula is C17H25O2P. The molecule has 0 heterocycles. The second-order valence-corrected chi connectivity index (χ2v) is 9.80. The fraction of sp³-hybridized carbons (Fsp3) is 0.647. The Labute approximate surface area is 122 Å². The van der Waals surface area contributed by atoms with Crippen LogP contribution in [-0.4, -0.2) is 12.8 Å². The largest absolute Gasteiger partial charge is 0.321 e. The summed E-state index contributed by atoms with van der Waals surface area (Å²) in [6.07, 6.45) is 3.69. The molecule has 2 bridgehead atoms. The fourth-order valence-corrected chi connectivity index (χ4v) is 5.93. The molecule has 0 aliphatic heterocycles. The third-order valence-corrected chi connectivity index (χ3v) is 8.16. The SMILES string of the molecule is CC1(C)[C@@H]2CC[C@@]1(C)[C@@H](OP(C)(=O)c1ccccc1)C2. The highest BCUT2D eigenvalue weighted by Gasteiger charge is 2.62. The van der Waals surface area contributed by atoms with Gasteiger partial charge in [0.25, 0.3) is 0 Å². The van der Waals surface area contributed by atoms with Crippen LogP contribution in [0.3, 0.4) is 0 Å². The van der Waals surface area contributed by atoms with E-state index in [-0.39, 0.29) is 11.5 Å². The molecule has 1 aromatic rings. The topological polar surface area (TPSA) is 26.3 Å². The normalized spacial score (nSPS) is 37.8. The maximum atomic E-state index is 13.0. The molecule has 20 heavy (non-hydrogen) atoms. The molecule has 0 radical (unpaired) electrons. The van der Waals surface area contributed by atoms with Gasteiger partial charge in [0.1, 0.15) is 0 Å². The summed E-state index contributed by atoms with van der Waals surface area (Å²) in [5.74, 6) is 0.716. The summed E-state index contributed by atoms with van der Waals surface area (Å²) in [4.78, 5) is 0. The molecule has 3 heteroatoms. The average Bonchev–Trinajstić information content (AvgIpc) is 2.72. The van der Waals surface area contributed by atoms with Crippen LogP contribution >= 0.6 is 7.37 Å². The van der Waals surface area contributed by atoms with Gasteiger partial charge in [-0.15, -0.1) is 0 Å². The summed E-state index contributed by atoms with van der Waals surface area (Å²) in [7, 11) is -2.72. The Hall–Kier alpha value is -0.590. The lowest BCUT2D eigenvalue weighted by atomic mass is 9.70. The molecule has 0 aromatic heterocycles. The predicted octanol–water partition coefficient (Wildman–Crippen LogP) is 4.45. The van der Waals surface area contributed by atoms with Crippen LogP contribution in [0, 0.1) is 16.7 Å². The Bertz CT molecular complexity index is 551. The lowest BCUT2D eigenvalue weighted by molar-refractivity contribution is 0.0340. The van der Waals surface area contributed by atoms with Crippen LogP contribution < -0.4 is 5.30 Å². The molecule has 3 rings (SSSR count). The maximum absolute atomic E-state index is 13.0. The summed E-state index contributed by atoms with van der Waals surface area (Å²) in [5, 5.41) is 0.837. The maximum Gasteiger partial charge on any atom is 0.229 e. The van der Waals surface area contributed by atoms with Crippen LogP contribution in [0.4, 0.5) is 0 Å². The molecule has 2 aliphatic rings. The van der Waals surface area contributed by atoms with Crippen molar-refractivity contribution < 1.29 is 9.09 Å². The Morgan fingerprint density at radius 3 is 2.35 bits per heavy atom. The second-order valence-electron chi connectivity index (χ2n) is 7.39. The molecule has 110 valence electrons. The first-order valence-electron chi connectivity index (χ1n) is 7.59. The van der Waals surface area contributed by atoms with Gasteiger partial charge in [-0.1, -0.05) is 39.0 Å². The lowest BCUT2D eigenvalue weighted by Gasteiger charge is -2.39. The Balaban J connectivity index is 1.85. The quantitative estimate of drug-likeness (QED) is 0.769. The average molecular weight is 292 g/mol. The summed E-state index contributed by atoms with van der Waals surface area (Å²) in [6, 6.07) is 9.65. The summed E-state index contributed by atoms with van der Waals surface area (Å²) in [5.41, 5.74) is 0.465. The summed E-state index contributed by atoms with van der Waals surface area (Å²) < 4.78 is 19.2. The van der Waals surface area contributed by atoms with Crippen molar-refractivity contribution in [1.82, 2.24) is 0 Å². The number of hydrogen-bond donors (Lipinski definition) is 0. The monoisotopic (exact) mass is 292 g/mol. The molecule has 2 aliphatic carbocycles. The van der Waals surface area contributed by atoms with Gasteiger partial charge < -0.3 is 4.52 Å². The van der Waals surface area contributed by atoms with Gasteiger partial charge in [-0.25, -0.2) is 0 Å². The van der Waals surface area contributed by atoms with E-state index in [1.807, 2.05) is 30.3 Å². The van der Waals surface area contributed by atoms with E-state index in [2.05, 4.69) is 20.8 Å². The standard InChI is InChI=1S/C17H25O2P/c1-16(2)13-10-11-17(16,3)15(12-13)19-20(4,18)14-8-6-5-7-9-14/h5-9,13,15H,10-12H2,1-4H3/t13-,15+,17+,20?/m1/s1. The van der Waals surface area contributed by atoms with Crippen LogP contribution in [0.25, 0.3) is 0 Å². The molecule has 0 N–H and O–H groups in total. The van der Waals surface area contributed by atoms with E-state index in [1.54, 1.807) is 6.66 Å². The van der Waals surface area contributed by atoms with E-state index in [9.17, 15) is 4.57 Å². The molecule has 0 saturated heterocycles. The number of fused-ring (bicyclic) bond motifs is 2. The van der Waals surface area contributed by atoms with Gasteiger partial charge in [-0.05, 0) is 48.1 Å². The summed E-state index contributed by atoms with van der Waals surface area (Å²) >= 11 is 0. The third-order valence-electron chi connectivity index (χ3n) is 6.27. The minimum Gasteiger partial charge on any atom is -0.321 e. The molecule has 2 saturated carbocycles. The lowest BCUT2D eigenvalue weighted by Crippen LogP contribution is -2.37. The first-order chi connectivity index (χ1) is 9.27. The second kappa shape index (κ2) is 4.45. The Morgan fingerprint density at radius 2 is 1.85 bits per heavy atom. The van der Waals surface area contributed by atoms with E-state index < -0.39 is 7.37 Å². The van der Waals surface area contributed by atoms with E-state index in [1.165, 1.54) is 12.8 Å². The Kier molecular flexibility index (Phi) is 3.19. The van der Waals surface area contributed by atoms with Crippen molar-refractivity contribution in [3.63, 3.8) is 0 Å². The van der Waals surface area contributed by atoms with Gasteiger partial charge in [0.05, 0.1) is 6.10 Å². The summed E-state index contributed by atoms with van der Waals surface area (Å²) in [6.45, 7) is 8.81. The number of benzene rings is 1. The van der Waals surface area contributed by atoms with Crippen molar-refractivity contribution in [3.05, 3.63) is 30.3 Å². The van der Waals surface area contributed by atoms with Crippen LogP contribution in [0.1, 0.15) is 40.0 Å². The zero-order valence-electron chi connectivity index (χ0n) is 12.9. The minimum atomic E-state index is -2.72. The van der Waals surface area contributed by atoms with E-state index in [0.29, 0.717) is 11.3 Å². The van der Waals surface area contributed by atoms with Crippen molar-refractivity contribution in [2.75, 3.05) is 6.66 Å². The van der Waals surface area contributed by atoms with E-state index in [4.69, 9.17) is 4.52 Å². The van der Waals surface area contributed by atoms with Gasteiger partial charge in [-0.2, -0.15) is 0 Å². The third kappa shape index (κ3) is 1.92. The highest BCUT2D eigenvalue weighted by molar-refractivity contribution is 7.66. The van der Waals surface area contributed by atoms with Crippen molar-refractivity contribution in [3.8, 4) is 0 Å². The molecule has 2 fully saturated rings. The van der Waals surface area contributed by atoms with Gasteiger partial charge in [0.15, 0.2) is 0 Å². The molecule has 1 unspecified atom stereocenters. The van der Waals surface area contributed by atoms with Gasteiger partial charge in [-0.3, -0.25) is 4.57 Å². The fourth-order valence-electron chi connectivity index (χ4n) is 4.29. The Morgan fingerprint density at radius 1 is 1.20 bits per heavy atom. The van der Waals surface area contributed by atoms with Crippen LogP contribution in [0.15, 0.2) is 30.3 Å². The van der Waals surface area contributed by atoms with Crippen LogP contribution in [0.5, 0.6) is 0 Å². The molecule has 0 spiro atoms. The zero-order valence-corrected chi connectivity index (χ0v) is 13.8. The van der Waals surface area contributed by atoms with Crippen molar-refractivity contribution >= 4 is 12.7 Å². The zero-order chi connectivity index (χ0) is 14.6. The highest BCUT2D eigenvalue weighted by Crippen LogP contribution is 2.68. The smallest absolute Gasteiger partial charge is 0.229 e. The molecular weight excluding hydrogens is 267 g/mol. The van der Waals surface area contributed by atoms with Crippen molar-refractivity contribution in [2.45, 2.75) is 46.1 Å². The highest BCUT2D eigenvalue weighted by atomic mass is 31.2. The van der Waals surface area contributed by atoms with Gasteiger partial charge in [0, 0.05) is 12.0 Å². The number of hydrogen-bond acceptors (Lipinski definition) is 2. The first-order valence-corrected chi connectivity index (χ1v) is 9.66. The molecule has 1 aromatic carbocycles. The van der Waals surface area contributed by atoms with Crippen LogP contribution in [-0.2, 0) is 9.09 Å². The molecule has 0 amide bonds. The van der Waals surface area contributed by atoms with E-state index in [0.717, 1.165) is 11.7 Å².